The maximum Gasteiger partial charge on any atom is 0.306 e. The van der Waals surface area contributed by atoms with E-state index in [2.05, 4.69) is 106 Å². The summed E-state index contributed by atoms with van der Waals surface area (Å²) < 4.78 is 16.9. The zero-order valence-corrected chi connectivity index (χ0v) is 54.5. The minimum atomic E-state index is -0.791. The van der Waals surface area contributed by atoms with Gasteiger partial charge in [0.2, 0.25) is 0 Å². The van der Waals surface area contributed by atoms with E-state index in [0.717, 1.165) is 96.3 Å². The summed E-state index contributed by atoms with van der Waals surface area (Å²) in [6.45, 7) is 6.52. The molecule has 0 amide bonds. The molecule has 0 N–H and O–H groups in total. The van der Waals surface area contributed by atoms with Crippen molar-refractivity contribution in [2.24, 2.45) is 0 Å². The Morgan fingerprint density at radius 1 is 0.256 bits per heavy atom. The molecule has 0 bridgehead atoms. The van der Waals surface area contributed by atoms with Gasteiger partial charge in [-0.1, -0.05) is 311 Å². The van der Waals surface area contributed by atoms with Crippen LogP contribution in [-0.4, -0.2) is 37.2 Å². The first-order valence-electron chi connectivity index (χ1n) is 35.6. The molecule has 0 spiro atoms. The van der Waals surface area contributed by atoms with Gasteiger partial charge in [0.05, 0.1) is 0 Å². The Morgan fingerprint density at radius 2 is 0.476 bits per heavy atom. The van der Waals surface area contributed by atoms with E-state index in [1.165, 1.54) is 225 Å². The second-order valence-corrected chi connectivity index (χ2v) is 23.8. The Bertz CT molecular complexity index is 1550. The van der Waals surface area contributed by atoms with Crippen LogP contribution in [0, 0.1) is 0 Å². The predicted octanol–water partition coefficient (Wildman–Crippen LogP) is 24.6. The van der Waals surface area contributed by atoms with Crippen LogP contribution in [0.25, 0.3) is 0 Å². The van der Waals surface area contributed by atoms with E-state index < -0.39 is 6.10 Å². The van der Waals surface area contributed by atoms with Gasteiger partial charge in [0.25, 0.3) is 0 Å². The molecule has 0 radical (unpaired) electrons. The number of allylic oxidation sites excluding steroid dienone is 14. The van der Waals surface area contributed by atoms with Crippen molar-refractivity contribution in [2.45, 2.75) is 367 Å². The lowest BCUT2D eigenvalue weighted by Crippen LogP contribution is -2.30. The third kappa shape index (κ3) is 67.4. The molecular formula is C76H134O6. The van der Waals surface area contributed by atoms with E-state index in [1.54, 1.807) is 0 Å². The van der Waals surface area contributed by atoms with Crippen LogP contribution >= 0.6 is 0 Å². The molecule has 0 aliphatic heterocycles. The first-order valence-corrected chi connectivity index (χ1v) is 35.6. The second kappa shape index (κ2) is 70.1. The summed E-state index contributed by atoms with van der Waals surface area (Å²) in [7, 11) is 0. The molecule has 0 aliphatic carbocycles. The van der Waals surface area contributed by atoms with Gasteiger partial charge in [-0.2, -0.15) is 0 Å². The van der Waals surface area contributed by atoms with Gasteiger partial charge in [-0.25, -0.2) is 0 Å². The highest BCUT2D eigenvalue weighted by atomic mass is 16.6. The van der Waals surface area contributed by atoms with Crippen LogP contribution in [0.15, 0.2) is 85.1 Å². The number of esters is 3. The molecule has 0 rings (SSSR count). The van der Waals surface area contributed by atoms with Crippen molar-refractivity contribution in [3.8, 4) is 0 Å². The number of carbonyl (C=O) groups excluding carboxylic acids is 3. The van der Waals surface area contributed by atoms with Crippen molar-refractivity contribution < 1.29 is 28.6 Å². The van der Waals surface area contributed by atoms with E-state index in [4.69, 9.17) is 14.2 Å². The highest BCUT2D eigenvalue weighted by Crippen LogP contribution is 2.17. The van der Waals surface area contributed by atoms with E-state index in [9.17, 15) is 14.4 Å². The monoisotopic (exact) mass is 1140 g/mol. The number of carbonyl (C=O) groups is 3. The second-order valence-electron chi connectivity index (χ2n) is 23.8. The van der Waals surface area contributed by atoms with E-state index in [0.29, 0.717) is 19.3 Å². The Balaban J connectivity index is 4.18. The summed E-state index contributed by atoms with van der Waals surface area (Å²) in [5.74, 6) is -0.903. The van der Waals surface area contributed by atoms with Crippen LogP contribution < -0.4 is 0 Å². The molecule has 82 heavy (non-hydrogen) atoms. The van der Waals surface area contributed by atoms with Gasteiger partial charge in [0.1, 0.15) is 13.2 Å². The fourth-order valence-corrected chi connectivity index (χ4v) is 10.3. The zero-order chi connectivity index (χ0) is 59.2. The zero-order valence-electron chi connectivity index (χ0n) is 54.5. The third-order valence-electron chi connectivity index (χ3n) is 15.6. The van der Waals surface area contributed by atoms with Gasteiger partial charge >= 0.3 is 17.9 Å². The highest BCUT2D eigenvalue weighted by Gasteiger charge is 2.19. The largest absolute Gasteiger partial charge is 0.462 e. The summed E-state index contributed by atoms with van der Waals surface area (Å²) in [6, 6.07) is 0. The average Bonchev–Trinajstić information content (AvgIpc) is 3.47. The normalized spacial score (nSPS) is 12.6. The smallest absolute Gasteiger partial charge is 0.306 e. The number of unbranched alkanes of at least 4 members (excludes halogenated alkanes) is 40. The molecule has 0 fully saturated rings. The first kappa shape index (κ1) is 78.6. The number of ether oxygens (including phenoxy) is 3. The molecule has 0 aromatic heterocycles. The van der Waals surface area contributed by atoms with Gasteiger partial charge in [-0.05, 0) is 116 Å². The van der Waals surface area contributed by atoms with Crippen LogP contribution in [-0.2, 0) is 28.6 Å². The fraction of sp³-hybridized carbons (Fsp3) is 0.776. The number of rotatable bonds is 65. The molecule has 0 aromatic carbocycles. The first-order chi connectivity index (χ1) is 40.5. The summed E-state index contributed by atoms with van der Waals surface area (Å²) in [4.78, 5) is 38.4. The lowest BCUT2D eigenvalue weighted by atomic mass is 10.0. The molecule has 0 heterocycles. The van der Waals surface area contributed by atoms with E-state index >= 15 is 0 Å². The van der Waals surface area contributed by atoms with Crippen LogP contribution in [0.1, 0.15) is 361 Å². The van der Waals surface area contributed by atoms with Crippen molar-refractivity contribution >= 4 is 17.9 Å². The molecular weight excluding hydrogens is 1010 g/mol. The van der Waals surface area contributed by atoms with Crippen molar-refractivity contribution in [3.05, 3.63) is 85.1 Å². The Kier molecular flexibility index (Phi) is 67.2. The topological polar surface area (TPSA) is 78.9 Å². The Morgan fingerprint density at radius 3 is 0.768 bits per heavy atom. The van der Waals surface area contributed by atoms with Gasteiger partial charge in [0, 0.05) is 19.3 Å². The van der Waals surface area contributed by atoms with Crippen molar-refractivity contribution in [3.63, 3.8) is 0 Å². The van der Waals surface area contributed by atoms with Crippen LogP contribution in [0.5, 0.6) is 0 Å². The maximum atomic E-state index is 12.9. The summed E-state index contributed by atoms with van der Waals surface area (Å²) in [5, 5.41) is 0. The minimum Gasteiger partial charge on any atom is -0.462 e. The minimum absolute atomic E-state index is 0.0846. The van der Waals surface area contributed by atoms with Crippen molar-refractivity contribution in [1.29, 1.82) is 0 Å². The Labute approximate surface area is 509 Å². The standard InChI is InChI=1S/C76H134O6/c1-4-7-10-13-16-19-22-25-27-29-31-32-33-34-35-36-37-38-39-40-41-42-43-44-45-47-48-51-54-57-60-63-66-69-75(78)81-72-73(71-80-74(77)68-65-62-59-56-53-50-24-21-18-15-12-9-6-3)82-76(79)70-67-64-61-58-55-52-49-46-30-28-26-23-20-17-14-11-8-5-2/h9,12,18,21-22,25,28-31,33-34,50,53,73H,4-8,10-11,13-17,19-20,23-24,26-27,32,35-49,51-52,54-72H2,1-3H3/b12-9-,21-18-,25-22-,30-28-,31-29-,34-33-,53-50-. The molecule has 0 aromatic rings. The highest BCUT2D eigenvalue weighted by molar-refractivity contribution is 5.71. The van der Waals surface area contributed by atoms with Crippen molar-refractivity contribution in [2.75, 3.05) is 13.2 Å². The van der Waals surface area contributed by atoms with Gasteiger partial charge in [-0.3, -0.25) is 14.4 Å². The van der Waals surface area contributed by atoms with E-state index in [-0.39, 0.29) is 31.1 Å². The molecule has 1 unspecified atom stereocenters. The number of hydrogen-bond acceptors (Lipinski definition) is 6. The van der Waals surface area contributed by atoms with E-state index in [1.807, 2.05) is 0 Å². The lowest BCUT2D eigenvalue weighted by molar-refractivity contribution is -0.167. The molecule has 6 nitrogen and oxygen atoms in total. The van der Waals surface area contributed by atoms with Crippen LogP contribution in [0.4, 0.5) is 0 Å². The van der Waals surface area contributed by atoms with Gasteiger partial charge in [-0.15, -0.1) is 0 Å². The quantitative estimate of drug-likeness (QED) is 0.0261. The molecule has 6 heteroatoms. The van der Waals surface area contributed by atoms with Gasteiger partial charge < -0.3 is 14.2 Å². The van der Waals surface area contributed by atoms with Gasteiger partial charge in [0.15, 0.2) is 6.10 Å². The lowest BCUT2D eigenvalue weighted by Gasteiger charge is -2.18. The van der Waals surface area contributed by atoms with Crippen molar-refractivity contribution in [1.82, 2.24) is 0 Å². The summed E-state index contributed by atoms with van der Waals surface area (Å²) >= 11 is 0. The summed E-state index contributed by atoms with van der Waals surface area (Å²) in [5.41, 5.74) is 0. The number of hydrogen-bond donors (Lipinski definition) is 0. The fourth-order valence-electron chi connectivity index (χ4n) is 10.3. The summed E-state index contributed by atoms with van der Waals surface area (Å²) in [6.07, 6.45) is 93.4. The molecule has 0 saturated carbocycles. The van der Waals surface area contributed by atoms with Crippen LogP contribution in [0.3, 0.4) is 0 Å². The maximum absolute atomic E-state index is 12.9. The molecule has 0 saturated heterocycles. The third-order valence-corrected chi connectivity index (χ3v) is 15.6. The molecule has 474 valence electrons. The molecule has 0 aliphatic rings. The van der Waals surface area contributed by atoms with Crippen LogP contribution in [0.2, 0.25) is 0 Å². The average molecular weight is 1140 g/mol. The predicted molar refractivity (Wildman–Crippen MR) is 358 cm³/mol. The Hall–Kier alpha value is -3.41. The SMILES string of the molecule is CC/C=C\C/C=C\C/C=C\CCCCCC(=O)OCC(COC(=O)CCCCCCCCCCCCCCCCCCCC/C=C\C/C=C\C/C=C\CCCCCCC)OC(=O)CCCCCCCCC/C=C\CCCCCCCCC. The molecule has 1 atom stereocenters.